The Hall–Kier alpha value is -2.32. The molecule has 7 nitrogen and oxygen atoms in total. The minimum atomic E-state index is -0.547. The van der Waals surface area contributed by atoms with Gasteiger partial charge in [-0.3, -0.25) is 4.79 Å². The molecule has 0 spiro atoms. The van der Waals surface area contributed by atoms with Gasteiger partial charge < -0.3 is 24.3 Å². The smallest absolute Gasteiger partial charge is 0.447 e. The lowest BCUT2D eigenvalue weighted by Gasteiger charge is -2.64. The van der Waals surface area contributed by atoms with Crippen LogP contribution >= 0.6 is 0 Å². The Morgan fingerprint density at radius 2 is 2.03 bits per heavy atom. The van der Waals surface area contributed by atoms with E-state index in [-0.39, 0.29) is 35.7 Å². The topological polar surface area (TPSA) is 77.1 Å². The summed E-state index contributed by atoms with van der Waals surface area (Å²) in [6.07, 6.45) is 5.29. The highest BCUT2D eigenvalue weighted by Crippen LogP contribution is 2.65. The molecule has 6 rings (SSSR count). The summed E-state index contributed by atoms with van der Waals surface area (Å²) in [5.41, 5.74) is 2.18. The van der Waals surface area contributed by atoms with Crippen molar-refractivity contribution in [3.8, 4) is 0 Å². The average molecular weight is 494 g/mol. The van der Waals surface area contributed by atoms with Gasteiger partial charge in [-0.2, -0.15) is 0 Å². The Morgan fingerprint density at radius 3 is 2.72 bits per heavy atom. The van der Waals surface area contributed by atoms with Gasteiger partial charge in [0.1, 0.15) is 6.61 Å². The van der Waals surface area contributed by atoms with Crippen molar-refractivity contribution in [1.29, 1.82) is 0 Å². The molecule has 36 heavy (non-hydrogen) atoms. The number of amides is 2. The van der Waals surface area contributed by atoms with Crippen molar-refractivity contribution >= 4 is 19.1 Å². The fourth-order valence-electron chi connectivity index (χ4n) is 7.05. The first kappa shape index (κ1) is 25.3. The number of benzene rings is 1. The van der Waals surface area contributed by atoms with E-state index in [9.17, 15) is 9.59 Å². The summed E-state index contributed by atoms with van der Waals surface area (Å²) in [6.45, 7) is 13.3. The van der Waals surface area contributed by atoms with Crippen LogP contribution in [0.5, 0.6) is 0 Å². The van der Waals surface area contributed by atoms with Crippen molar-refractivity contribution in [3.05, 3.63) is 48.0 Å². The van der Waals surface area contributed by atoms with E-state index in [2.05, 4.69) is 63.9 Å². The van der Waals surface area contributed by atoms with Gasteiger partial charge in [0.15, 0.2) is 0 Å². The largest absolute Gasteiger partial charge is 0.482 e. The van der Waals surface area contributed by atoms with Crippen LogP contribution in [0.4, 0.5) is 4.79 Å². The molecule has 0 aromatic heterocycles. The van der Waals surface area contributed by atoms with Gasteiger partial charge in [-0.25, -0.2) is 4.79 Å². The molecule has 5 aliphatic rings. The molecule has 2 saturated heterocycles. The molecule has 2 aliphatic heterocycles. The second-order valence-electron chi connectivity index (χ2n) is 11.9. The highest BCUT2D eigenvalue weighted by molar-refractivity contribution is 6.47. The molecular weight excluding hydrogens is 455 g/mol. The van der Waals surface area contributed by atoms with Crippen molar-refractivity contribution in [2.45, 2.75) is 83.5 Å². The van der Waals surface area contributed by atoms with Gasteiger partial charge in [-0.05, 0) is 74.8 Å². The first-order chi connectivity index (χ1) is 17.1. The molecule has 2 heterocycles. The molecule has 1 aromatic carbocycles. The Balaban J connectivity index is 1.27. The maximum Gasteiger partial charge on any atom is 0.482 e. The number of hydrogen-bond acceptors (Lipinski definition) is 5. The molecule has 194 valence electrons. The third-order valence-corrected chi connectivity index (χ3v) is 9.42. The Morgan fingerprint density at radius 1 is 1.28 bits per heavy atom. The summed E-state index contributed by atoms with van der Waals surface area (Å²) < 4.78 is 18.8. The maximum absolute atomic E-state index is 13.0. The van der Waals surface area contributed by atoms with Gasteiger partial charge in [0, 0.05) is 6.54 Å². The molecule has 2 bridgehead atoms. The zero-order valence-corrected chi connectivity index (χ0v) is 22.0. The second kappa shape index (κ2) is 9.53. The maximum atomic E-state index is 13.0. The van der Waals surface area contributed by atoms with Gasteiger partial charge >= 0.3 is 13.2 Å². The van der Waals surface area contributed by atoms with Crippen LogP contribution < -0.4 is 5.32 Å². The van der Waals surface area contributed by atoms with Crippen LogP contribution in [-0.4, -0.2) is 60.9 Å². The zero-order chi connectivity index (χ0) is 25.7. The van der Waals surface area contributed by atoms with Gasteiger partial charge in [0.2, 0.25) is 5.91 Å². The van der Waals surface area contributed by atoms with Crippen molar-refractivity contribution in [2.24, 2.45) is 17.3 Å². The van der Waals surface area contributed by atoms with Crippen LogP contribution in [0.25, 0.3) is 0 Å². The number of nitrogens with one attached hydrogen (secondary N) is 1. The van der Waals surface area contributed by atoms with E-state index < -0.39 is 19.2 Å². The molecule has 2 amide bonds. The molecule has 3 aliphatic carbocycles. The Labute approximate surface area is 215 Å². The van der Waals surface area contributed by atoms with E-state index in [1.165, 1.54) is 18.1 Å². The Bertz CT molecular complexity index is 1010. The fourth-order valence-corrected chi connectivity index (χ4v) is 7.05. The molecule has 1 N–H and O–H groups in total. The Kier molecular flexibility index (Phi) is 6.71. The minimum absolute atomic E-state index is 0.0366. The molecule has 1 unspecified atom stereocenters. The predicted molar refractivity (Wildman–Crippen MR) is 138 cm³/mol. The lowest BCUT2D eigenvalue weighted by molar-refractivity contribution is -0.199. The molecule has 8 heteroatoms. The molecule has 5 fully saturated rings. The number of carbonyl (C=O) groups excluding carboxylic acids is 2. The molecule has 3 saturated carbocycles. The van der Waals surface area contributed by atoms with Crippen LogP contribution in [-0.2, 0) is 25.3 Å². The SMILES string of the molecule is C=CC(=O)N1CCC[C@@H]1COC(=O)N[C@@H](Cc1ccc(C)cc1)B1OC2C[C@@H]3C[C@@H](C3(C)C)[C@]2(C)O1. The fraction of sp³-hybridized carbons (Fsp3) is 0.643. The second-order valence-corrected chi connectivity index (χ2v) is 11.9. The number of nitrogens with zero attached hydrogens (tertiary/aromatic N) is 1. The number of ether oxygens (including phenoxy) is 1. The molecule has 0 radical (unpaired) electrons. The monoisotopic (exact) mass is 494 g/mol. The van der Waals surface area contributed by atoms with Gasteiger partial charge in [-0.1, -0.05) is 50.3 Å². The number of rotatable bonds is 7. The van der Waals surface area contributed by atoms with Gasteiger partial charge in [-0.15, -0.1) is 0 Å². The first-order valence-corrected chi connectivity index (χ1v) is 13.4. The summed E-state index contributed by atoms with van der Waals surface area (Å²) in [6, 6.07) is 8.19. The van der Waals surface area contributed by atoms with Crippen molar-refractivity contribution in [2.75, 3.05) is 13.2 Å². The highest BCUT2D eigenvalue weighted by atomic mass is 16.7. The molecule has 6 atom stereocenters. The van der Waals surface area contributed by atoms with Crippen molar-refractivity contribution in [1.82, 2.24) is 10.2 Å². The third-order valence-electron chi connectivity index (χ3n) is 9.42. The normalized spacial score (nSPS) is 32.9. The summed E-state index contributed by atoms with van der Waals surface area (Å²) in [4.78, 5) is 26.8. The molecular formula is C28H39BN2O5. The molecule has 1 aromatic rings. The third kappa shape index (κ3) is 4.47. The number of carbonyl (C=O) groups is 2. The number of likely N-dealkylation sites (tertiary alicyclic amines) is 1. The lowest BCUT2D eigenvalue weighted by Crippen LogP contribution is -2.65. The van der Waals surface area contributed by atoms with E-state index >= 15 is 0 Å². The van der Waals surface area contributed by atoms with Gasteiger partial charge in [0.25, 0.3) is 0 Å². The number of aryl methyl sites for hydroxylation is 1. The van der Waals surface area contributed by atoms with Crippen LogP contribution in [0, 0.1) is 24.2 Å². The quantitative estimate of drug-likeness (QED) is 0.457. The summed E-state index contributed by atoms with van der Waals surface area (Å²) in [7, 11) is -0.547. The van der Waals surface area contributed by atoms with Crippen molar-refractivity contribution in [3.63, 3.8) is 0 Å². The van der Waals surface area contributed by atoms with E-state index in [0.717, 1.165) is 24.8 Å². The minimum Gasteiger partial charge on any atom is -0.447 e. The summed E-state index contributed by atoms with van der Waals surface area (Å²) in [5, 5.41) is 3.05. The highest BCUT2D eigenvalue weighted by Gasteiger charge is 2.68. The van der Waals surface area contributed by atoms with E-state index in [0.29, 0.717) is 24.8 Å². The van der Waals surface area contributed by atoms with Gasteiger partial charge in [0.05, 0.1) is 23.7 Å². The van der Waals surface area contributed by atoms with Crippen molar-refractivity contribution < 1.29 is 23.6 Å². The van der Waals surface area contributed by atoms with E-state index in [1.54, 1.807) is 4.90 Å². The first-order valence-electron chi connectivity index (χ1n) is 13.4. The standard InChI is InChI=1S/C28H39BN2O5/c1-6-25(32)31-13-7-8-21(31)17-34-26(33)30-24(14-19-11-9-18(2)10-12-19)29-35-23-16-20-15-22(27(20,3)4)28(23,5)36-29/h6,9-12,20-24H,1,7-8,13-17H2,2-5H3,(H,30,33)/t20-,21+,22-,23?,24-,28-/m0/s1. The summed E-state index contributed by atoms with van der Waals surface area (Å²) in [5.74, 6) is 0.589. The number of hydrogen-bond donors (Lipinski definition) is 1. The van der Waals surface area contributed by atoms with Crippen LogP contribution in [0.15, 0.2) is 36.9 Å². The average Bonchev–Trinajstić information content (AvgIpc) is 3.46. The number of alkyl carbamates (subject to hydrolysis) is 1. The van der Waals surface area contributed by atoms with E-state index in [1.807, 2.05) is 0 Å². The predicted octanol–water partition coefficient (Wildman–Crippen LogP) is 4.08. The van der Waals surface area contributed by atoms with Crippen LogP contribution in [0.1, 0.15) is 57.6 Å². The van der Waals surface area contributed by atoms with Crippen LogP contribution in [0.3, 0.4) is 0 Å². The lowest BCUT2D eigenvalue weighted by atomic mass is 9.43. The van der Waals surface area contributed by atoms with Crippen LogP contribution in [0.2, 0.25) is 0 Å². The summed E-state index contributed by atoms with van der Waals surface area (Å²) >= 11 is 0. The van der Waals surface area contributed by atoms with E-state index in [4.69, 9.17) is 14.0 Å². The zero-order valence-electron chi connectivity index (χ0n) is 22.0.